The van der Waals surface area contributed by atoms with Crippen molar-refractivity contribution in [3.05, 3.63) is 65.2 Å². The standard InChI is InChI=1S/C19H20N2O5/c1-12-9-10-16(25-3)15(11-12)19(24)26-13(2)17(22)20-21-18(23)14-7-5-4-6-8-14/h4-11,13H,1-3H3,(H,20,22)(H,21,23)/t13-/m1/s1. The third-order valence-electron chi connectivity index (χ3n) is 3.56. The van der Waals surface area contributed by atoms with Gasteiger partial charge in [0.05, 0.1) is 7.11 Å². The quantitative estimate of drug-likeness (QED) is 0.631. The number of hydrogen-bond donors (Lipinski definition) is 2. The van der Waals surface area contributed by atoms with Crippen molar-refractivity contribution in [1.82, 2.24) is 10.9 Å². The van der Waals surface area contributed by atoms with Gasteiger partial charge in [0.1, 0.15) is 11.3 Å². The highest BCUT2D eigenvalue weighted by Gasteiger charge is 2.22. The molecule has 7 nitrogen and oxygen atoms in total. The topological polar surface area (TPSA) is 93.7 Å². The van der Waals surface area contributed by atoms with Crippen molar-refractivity contribution in [2.24, 2.45) is 0 Å². The number of amides is 2. The molecule has 0 unspecified atom stereocenters. The molecule has 136 valence electrons. The molecule has 0 aromatic heterocycles. The SMILES string of the molecule is COc1ccc(C)cc1C(=O)O[C@H](C)C(=O)NNC(=O)c1ccccc1. The summed E-state index contributed by atoms with van der Waals surface area (Å²) in [5, 5.41) is 0. The number of aryl methyl sites for hydroxylation is 1. The van der Waals surface area contributed by atoms with Crippen LogP contribution in [-0.4, -0.2) is 31.0 Å². The highest BCUT2D eigenvalue weighted by atomic mass is 16.5. The summed E-state index contributed by atoms with van der Waals surface area (Å²) in [4.78, 5) is 36.2. The van der Waals surface area contributed by atoms with Crippen LogP contribution in [0.3, 0.4) is 0 Å². The summed E-state index contributed by atoms with van der Waals surface area (Å²) in [6.07, 6.45) is -1.11. The van der Waals surface area contributed by atoms with Gasteiger partial charge in [0.2, 0.25) is 0 Å². The molecule has 2 aromatic carbocycles. The Morgan fingerprint density at radius 3 is 2.35 bits per heavy atom. The van der Waals surface area contributed by atoms with E-state index in [1.165, 1.54) is 14.0 Å². The molecular formula is C19H20N2O5. The Morgan fingerprint density at radius 2 is 1.69 bits per heavy atom. The van der Waals surface area contributed by atoms with Crippen LogP contribution in [0.25, 0.3) is 0 Å². The lowest BCUT2D eigenvalue weighted by Crippen LogP contribution is -2.46. The van der Waals surface area contributed by atoms with Crippen LogP contribution >= 0.6 is 0 Å². The van der Waals surface area contributed by atoms with Crippen molar-refractivity contribution in [3.8, 4) is 5.75 Å². The lowest BCUT2D eigenvalue weighted by Gasteiger charge is -2.15. The van der Waals surface area contributed by atoms with Gasteiger partial charge < -0.3 is 9.47 Å². The summed E-state index contributed by atoms with van der Waals surface area (Å²) in [6, 6.07) is 13.5. The number of hydrogen-bond acceptors (Lipinski definition) is 5. The summed E-state index contributed by atoms with van der Waals surface area (Å²) in [7, 11) is 1.44. The smallest absolute Gasteiger partial charge is 0.342 e. The van der Waals surface area contributed by atoms with Gasteiger partial charge in [-0.05, 0) is 38.1 Å². The Labute approximate surface area is 151 Å². The van der Waals surface area contributed by atoms with Gasteiger partial charge in [0.15, 0.2) is 6.10 Å². The van der Waals surface area contributed by atoms with Gasteiger partial charge in [-0.25, -0.2) is 4.79 Å². The van der Waals surface area contributed by atoms with Gasteiger partial charge in [-0.15, -0.1) is 0 Å². The Hall–Kier alpha value is -3.35. The summed E-state index contributed by atoms with van der Waals surface area (Å²) in [5.41, 5.74) is 5.97. The minimum atomic E-state index is -1.11. The number of rotatable bonds is 5. The number of ether oxygens (including phenoxy) is 2. The first kappa shape index (κ1) is 19.0. The summed E-state index contributed by atoms with van der Waals surface area (Å²) in [5.74, 6) is -1.47. The van der Waals surface area contributed by atoms with Gasteiger partial charge in [0, 0.05) is 5.56 Å². The van der Waals surface area contributed by atoms with E-state index in [-0.39, 0.29) is 5.56 Å². The minimum Gasteiger partial charge on any atom is -0.496 e. The Bertz CT molecular complexity index is 805. The van der Waals surface area contributed by atoms with Crippen LogP contribution in [0, 0.1) is 6.92 Å². The molecule has 26 heavy (non-hydrogen) atoms. The predicted molar refractivity (Wildman–Crippen MR) is 94.7 cm³/mol. The number of hydrazine groups is 1. The monoisotopic (exact) mass is 356 g/mol. The number of methoxy groups -OCH3 is 1. The van der Waals surface area contributed by atoms with E-state index < -0.39 is 23.9 Å². The molecule has 0 bridgehead atoms. The van der Waals surface area contributed by atoms with Crippen molar-refractivity contribution in [2.45, 2.75) is 20.0 Å². The van der Waals surface area contributed by atoms with Crippen molar-refractivity contribution in [1.29, 1.82) is 0 Å². The largest absolute Gasteiger partial charge is 0.496 e. The van der Waals surface area contributed by atoms with Crippen LogP contribution < -0.4 is 15.6 Å². The molecule has 2 aromatic rings. The van der Waals surface area contributed by atoms with E-state index >= 15 is 0 Å². The van der Waals surface area contributed by atoms with Gasteiger partial charge in [0.25, 0.3) is 11.8 Å². The van der Waals surface area contributed by atoms with Crippen LogP contribution in [-0.2, 0) is 9.53 Å². The van der Waals surface area contributed by atoms with Crippen molar-refractivity contribution in [2.75, 3.05) is 7.11 Å². The van der Waals surface area contributed by atoms with E-state index in [9.17, 15) is 14.4 Å². The maximum atomic E-state index is 12.3. The Morgan fingerprint density at radius 1 is 1.00 bits per heavy atom. The van der Waals surface area contributed by atoms with Crippen molar-refractivity contribution in [3.63, 3.8) is 0 Å². The zero-order valence-electron chi connectivity index (χ0n) is 14.7. The number of nitrogens with one attached hydrogen (secondary N) is 2. The fourth-order valence-corrected chi connectivity index (χ4v) is 2.14. The van der Waals surface area contributed by atoms with Crippen LogP contribution in [0.1, 0.15) is 33.2 Å². The van der Waals surface area contributed by atoms with E-state index in [1.807, 2.05) is 6.92 Å². The number of esters is 1. The molecule has 0 aliphatic heterocycles. The zero-order chi connectivity index (χ0) is 19.1. The maximum Gasteiger partial charge on any atom is 0.342 e. The van der Waals surface area contributed by atoms with Crippen molar-refractivity contribution >= 4 is 17.8 Å². The average molecular weight is 356 g/mol. The molecule has 0 fully saturated rings. The van der Waals surface area contributed by atoms with Crippen LogP contribution in [0.5, 0.6) is 5.75 Å². The highest BCUT2D eigenvalue weighted by Crippen LogP contribution is 2.21. The van der Waals surface area contributed by atoms with Crippen molar-refractivity contribution < 1.29 is 23.9 Å². The number of benzene rings is 2. The molecule has 0 saturated heterocycles. The molecule has 0 radical (unpaired) electrons. The molecule has 0 aliphatic carbocycles. The van der Waals surface area contributed by atoms with Crippen LogP contribution in [0.4, 0.5) is 0 Å². The van der Waals surface area contributed by atoms with E-state index in [0.717, 1.165) is 5.56 Å². The van der Waals surface area contributed by atoms with E-state index in [0.29, 0.717) is 11.3 Å². The molecule has 1 atom stereocenters. The summed E-state index contributed by atoms with van der Waals surface area (Å²) < 4.78 is 10.3. The Kier molecular flexibility index (Phi) is 6.32. The molecule has 2 amide bonds. The van der Waals surface area contributed by atoms with E-state index in [1.54, 1.807) is 48.5 Å². The predicted octanol–water partition coefficient (Wildman–Crippen LogP) is 2.01. The minimum absolute atomic E-state index is 0.223. The second-order valence-electron chi connectivity index (χ2n) is 5.56. The average Bonchev–Trinajstić information content (AvgIpc) is 2.66. The fourth-order valence-electron chi connectivity index (χ4n) is 2.14. The van der Waals surface area contributed by atoms with Crippen LogP contribution in [0.15, 0.2) is 48.5 Å². The molecular weight excluding hydrogens is 336 g/mol. The van der Waals surface area contributed by atoms with Gasteiger partial charge in [-0.3, -0.25) is 20.4 Å². The van der Waals surface area contributed by atoms with Gasteiger partial charge in [-0.1, -0.05) is 29.8 Å². The number of carbonyl (C=O) groups excluding carboxylic acids is 3. The first-order chi connectivity index (χ1) is 12.4. The third kappa shape index (κ3) is 4.83. The molecule has 2 rings (SSSR count). The fraction of sp³-hybridized carbons (Fsp3) is 0.211. The van der Waals surface area contributed by atoms with Gasteiger partial charge >= 0.3 is 5.97 Å². The summed E-state index contributed by atoms with van der Waals surface area (Å²) in [6.45, 7) is 3.23. The third-order valence-corrected chi connectivity index (χ3v) is 3.56. The van der Waals surface area contributed by atoms with Gasteiger partial charge in [-0.2, -0.15) is 0 Å². The molecule has 0 spiro atoms. The second-order valence-corrected chi connectivity index (χ2v) is 5.56. The highest BCUT2D eigenvalue weighted by molar-refractivity contribution is 5.97. The second kappa shape index (κ2) is 8.66. The van der Waals surface area contributed by atoms with E-state index in [4.69, 9.17) is 9.47 Å². The summed E-state index contributed by atoms with van der Waals surface area (Å²) >= 11 is 0. The Balaban J connectivity index is 1.93. The zero-order valence-corrected chi connectivity index (χ0v) is 14.7. The van der Waals surface area contributed by atoms with E-state index in [2.05, 4.69) is 10.9 Å². The normalized spacial score (nSPS) is 11.2. The lowest BCUT2D eigenvalue weighted by molar-refractivity contribution is -0.129. The number of carbonyl (C=O) groups is 3. The molecule has 7 heteroatoms. The van der Waals surface area contributed by atoms with Crippen LogP contribution in [0.2, 0.25) is 0 Å². The maximum absolute atomic E-state index is 12.3. The first-order valence-corrected chi connectivity index (χ1v) is 7.93. The molecule has 0 aliphatic rings. The molecule has 2 N–H and O–H groups in total. The first-order valence-electron chi connectivity index (χ1n) is 7.93. The lowest BCUT2D eigenvalue weighted by atomic mass is 10.1. The molecule has 0 saturated carbocycles. The molecule has 0 heterocycles.